The van der Waals surface area contributed by atoms with Crippen LogP contribution in [0.25, 0.3) is 0 Å². The smallest absolute Gasteiger partial charge is 0.463 e. The second kappa shape index (κ2) is 79.0. The van der Waals surface area contributed by atoms with E-state index >= 15 is 0 Å². The Hall–Kier alpha value is -4.57. The average Bonchev–Trinajstić information content (AvgIpc) is 0.965. The van der Waals surface area contributed by atoms with Crippen molar-refractivity contribution in [3.8, 4) is 0 Å². The molecule has 5 atom stereocenters. The predicted molar refractivity (Wildman–Crippen MR) is 436 cm³/mol. The molecule has 0 rings (SSSR count). The molecule has 0 aliphatic carbocycles. The Morgan fingerprint density at radius 2 is 0.505 bits per heavy atom. The topological polar surface area (TPSA) is 231 Å². The zero-order chi connectivity index (χ0) is 76.6. The summed E-state index contributed by atoms with van der Waals surface area (Å²) in [5.41, 5.74) is 0. The Bertz CT molecular complexity index is 2490. The molecule has 0 saturated carbocycles. The lowest BCUT2D eigenvalue weighted by Gasteiger charge is -2.21. The van der Waals surface area contributed by atoms with Gasteiger partial charge in [0.1, 0.15) is 25.4 Å². The quantitative estimate of drug-likeness (QED) is 0.0146. The van der Waals surface area contributed by atoms with Gasteiger partial charge in [0, 0.05) is 19.3 Å². The number of rotatable bonds is 77. The lowest BCUT2D eigenvalue weighted by atomic mass is 10.0. The van der Waals surface area contributed by atoms with Crippen LogP contribution in [0, 0.1) is 0 Å². The van der Waals surface area contributed by atoms with Gasteiger partial charge in [-0.2, -0.15) is 0 Å². The first kappa shape index (κ1) is 100. The molecule has 0 amide bonds. The number of phosphoric acid groups is 2. The van der Waals surface area contributed by atoms with Crippen molar-refractivity contribution in [1.82, 2.24) is 0 Å². The summed E-state index contributed by atoms with van der Waals surface area (Å²) >= 11 is 0. The number of esters is 3. The number of allylic oxidation sites excluding steroid dienone is 24. The van der Waals surface area contributed by atoms with Crippen molar-refractivity contribution in [3.63, 3.8) is 0 Å². The van der Waals surface area contributed by atoms with E-state index in [4.69, 9.17) is 32.3 Å². The number of hydrogen-bond acceptors (Lipinski definition) is 14. The van der Waals surface area contributed by atoms with Crippen molar-refractivity contribution in [2.24, 2.45) is 0 Å². The molecular formula is C87H148O16P2. The van der Waals surface area contributed by atoms with E-state index < -0.39 is 91.5 Å². The molecule has 602 valence electrons. The summed E-state index contributed by atoms with van der Waals surface area (Å²) in [6.45, 7) is 2.45. The monoisotopic (exact) mass is 1510 g/mol. The molecule has 0 saturated heterocycles. The van der Waals surface area contributed by atoms with Crippen molar-refractivity contribution < 1.29 is 75.8 Å². The number of phosphoric ester groups is 2. The van der Waals surface area contributed by atoms with E-state index in [1.165, 1.54) is 116 Å². The van der Waals surface area contributed by atoms with Crippen molar-refractivity contribution in [1.29, 1.82) is 0 Å². The third-order valence-electron chi connectivity index (χ3n) is 17.1. The van der Waals surface area contributed by atoms with Crippen LogP contribution in [0.1, 0.15) is 329 Å². The molecule has 0 aromatic rings. The third-order valence-corrected chi connectivity index (χ3v) is 19.0. The van der Waals surface area contributed by atoms with Crippen molar-refractivity contribution >= 4 is 33.6 Å². The minimum absolute atomic E-state index is 0.0990. The third kappa shape index (κ3) is 80.3. The van der Waals surface area contributed by atoms with E-state index in [1.807, 2.05) is 0 Å². The van der Waals surface area contributed by atoms with Crippen LogP contribution in [-0.4, -0.2) is 95.9 Å². The summed E-state index contributed by atoms with van der Waals surface area (Å²) in [7, 11) is -9.80. The molecule has 4 N–H and O–H groups in total. The highest BCUT2D eigenvalue weighted by Crippen LogP contribution is 2.45. The highest BCUT2D eigenvalue weighted by Gasteiger charge is 2.29. The van der Waals surface area contributed by atoms with E-state index in [9.17, 15) is 43.5 Å². The molecule has 0 aromatic carbocycles. The van der Waals surface area contributed by atoms with Gasteiger partial charge in [0.25, 0.3) is 0 Å². The first-order valence-corrected chi connectivity index (χ1v) is 44.1. The fourth-order valence-corrected chi connectivity index (χ4v) is 12.5. The zero-order valence-electron chi connectivity index (χ0n) is 65.9. The maximum Gasteiger partial charge on any atom is 0.472 e. The van der Waals surface area contributed by atoms with Crippen molar-refractivity contribution in [2.75, 3.05) is 39.6 Å². The normalized spacial score (nSPS) is 14.7. The highest BCUT2D eigenvalue weighted by molar-refractivity contribution is 7.47. The number of carbonyl (C=O) groups is 3. The molecule has 0 radical (unpaired) electrons. The Kier molecular flexibility index (Phi) is 75.6. The second-order valence-corrected chi connectivity index (χ2v) is 30.1. The summed E-state index contributed by atoms with van der Waals surface area (Å²) < 4.78 is 61.2. The molecule has 18 heteroatoms. The molecule has 16 nitrogen and oxygen atoms in total. The molecule has 0 bridgehead atoms. The van der Waals surface area contributed by atoms with E-state index in [0.717, 1.165) is 154 Å². The number of carbonyl (C=O) groups excluding carboxylic acids is 3. The number of unbranched alkanes of at least 4 members (excludes halogenated alkanes) is 30. The minimum atomic E-state index is -4.94. The van der Waals surface area contributed by atoms with Gasteiger partial charge in [-0.3, -0.25) is 32.5 Å². The zero-order valence-corrected chi connectivity index (χ0v) is 67.6. The maximum atomic E-state index is 13.0. The molecule has 0 aromatic heterocycles. The fraction of sp³-hybridized carbons (Fsp3) is 0.690. The van der Waals surface area contributed by atoms with E-state index in [0.29, 0.717) is 19.3 Å². The number of aliphatic hydroxyl groups excluding tert-OH is 2. The summed E-state index contributed by atoms with van der Waals surface area (Å²) in [6, 6.07) is 0. The molecule has 0 fully saturated rings. The Morgan fingerprint density at radius 3 is 0.800 bits per heavy atom. The highest BCUT2D eigenvalue weighted by atomic mass is 31.2. The van der Waals surface area contributed by atoms with Crippen molar-refractivity contribution in [2.45, 2.75) is 347 Å². The Morgan fingerprint density at radius 1 is 0.276 bits per heavy atom. The van der Waals surface area contributed by atoms with Crippen LogP contribution < -0.4 is 0 Å². The number of aliphatic hydroxyl groups is 2. The van der Waals surface area contributed by atoms with Crippen molar-refractivity contribution in [3.05, 3.63) is 146 Å². The first-order valence-electron chi connectivity index (χ1n) is 41.1. The molecule has 0 spiro atoms. The van der Waals surface area contributed by atoms with E-state index in [2.05, 4.69) is 167 Å². The SMILES string of the molecule is CC/C=C\C/C=C\C/C=C\C/C=C\C/C=C\C/C=C\CCCCCCCCCCCCCCC(=O)OCC(O)COP(=O)(O)OCC(O)COP(=O)(O)OCC(COC(=O)CCCCCC/C=C\C/C=C\C/C=C\C/C=C\C/C=C\C/C=C\CC)OC(=O)CCCCCCCCCCCCCCCCC. The van der Waals surface area contributed by atoms with Gasteiger partial charge in [-0.25, -0.2) is 9.13 Å². The molecule has 5 unspecified atom stereocenters. The van der Waals surface area contributed by atoms with Gasteiger partial charge in [-0.1, -0.05) is 334 Å². The largest absolute Gasteiger partial charge is 0.472 e. The van der Waals surface area contributed by atoms with Crippen LogP contribution in [0.4, 0.5) is 0 Å². The van der Waals surface area contributed by atoms with Crippen LogP contribution in [0.2, 0.25) is 0 Å². The van der Waals surface area contributed by atoms with Crippen LogP contribution in [-0.2, 0) is 55.8 Å². The van der Waals surface area contributed by atoms with Gasteiger partial charge in [0.05, 0.1) is 26.4 Å². The van der Waals surface area contributed by atoms with Gasteiger partial charge in [-0.05, 0) is 122 Å². The Labute approximate surface area is 638 Å². The minimum Gasteiger partial charge on any atom is -0.463 e. The lowest BCUT2D eigenvalue weighted by Crippen LogP contribution is -2.30. The molecule has 105 heavy (non-hydrogen) atoms. The number of ether oxygens (including phenoxy) is 3. The van der Waals surface area contributed by atoms with Crippen LogP contribution in [0.5, 0.6) is 0 Å². The van der Waals surface area contributed by atoms with Gasteiger partial charge < -0.3 is 34.2 Å². The molecule has 0 aliphatic rings. The average molecular weight is 1510 g/mol. The van der Waals surface area contributed by atoms with Crippen LogP contribution >= 0.6 is 15.6 Å². The van der Waals surface area contributed by atoms with Crippen LogP contribution in [0.15, 0.2) is 146 Å². The van der Waals surface area contributed by atoms with Gasteiger partial charge in [0.15, 0.2) is 6.10 Å². The first-order chi connectivity index (χ1) is 51.2. The molecule has 0 aliphatic heterocycles. The Balaban J connectivity index is 4.54. The predicted octanol–water partition coefficient (Wildman–Crippen LogP) is 24.4. The fourth-order valence-electron chi connectivity index (χ4n) is 10.9. The van der Waals surface area contributed by atoms with Gasteiger partial charge in [0.2, 0.25) is 0 Å². The summed E-state index contributed by atoms with van der Waals surface area (Å²) in [5.74, 6) is -1.60. The van der Waals surface area contributed by atoms with E-state index in [1.54, 1.807) is 0 Å². The molecule has 0 heterocycles. The second-order valence-electron chi connectivity index (χ2n) is 27.2. The summed E-state index contributed by atoms with van der Waals surface area (Å²) in [4.78, 5) is 58.7. The van der Waals surface area contributed by atoms with Crippen LogP contribution in [0.3, 0.4) is 0 Å². The van der Waals surface area contributed by atoms with E-state index in [-0.39, 0.29) is 19.3 Å². The standard InChI is InChI=1S/C87H148O16P2/c1-4-7-10-13-16-19-22-25-28-30-32-34-36-37-38-39-40-41-42-43-45-47-48-50-53-55-58-61-64-67-70-73-85(90)97-76-82(88)77-99-104(93,94)100-78-83(89)79-101-105(95,96)102-81-84(103-87(92)75-72-69-66-63-60-57-52-27-24-21-18-15-12-9-6-3)80-98-86(91)74-71-68-65-62-59-56-54-51-49-46-44-35-33-31-29-26-23-20-17-14-11-8-5-2/h7-8,10-11,16-17,19-20,25-26,28-29,32-35,37-38,40-41,46,49,54,56,82-84,88-89H,4-6,9,12-15,18,21-24,27,30-31,36,39,42-45,47-48,50-53,55,57-81H2,1-3H3,(H,93,94)(H,95,96)/b10-7-,11-8-,19-16-,20-17-,28-25-,29-26-,34-32-,35-33-,38-37-,41-40-,49-46-,56-54-. The summed E-state index contributed by atoms with van der Waals surface area (Å²) in [5, 5.41) is 20.7. The van der Waals surface area contributed by atoms with Gasteiger partial charge >= 0.3 is 33.6 Å². The molecular weight excluding hydrogens is 1360 g/mol. The number of hydrogen-bond donors (Lipinski definition) is 4. The maximum absolute atomic E-state index is 13.0. The summed E-state index contributed by atoms with van der Waals surface area (Å²) in [6.07, 6.45) is 97.5. The van der Waals surface area contributed by atoms with Gasteiger partial charge in [-0.15, -0.1) is 0 Å². The lowest BCUT2D eigenvalue weighted by molar-refractivity contribution is -0.161.